The highest BCUT2D eigenvalue weighted by atomic mass is 32.1. The molecule has 7 nitrogen and oxygen atoms in total. The third kappa shape index (κ3) is 2.33. The molecule has 0 spiro atoms. The number of amides is 1. The topological polar surface area (TPSA) is 107 Å². The van der Waals surface area contributed by atoms with Crippen LogP contribution in [0.2, 0.25) is 0 Å². The van der Waals surface area contributed by atoms with Gasteiger partial charge in [-0.3, -0.25) is 4.79 Å². The minimum atomic E-state index is -0.410. The summed E-state index contributed by atoms with van der Waals surface area (Å²) in [6.45, 7) is 5.71. The monoisotopic (exact) mass is 267 g/mol. The number of aryl methyl sites for hydroxylation is 2. The molecule has 0 bridgehead atoms. The fourth-order valence-corrected chi connectivity index (χ4v) is 2.56. The second-order valence-corrected chi connectivity index (χ2v) is 5.11. The lowest BCUT2D eigenvalue weighted by atomic mass is 10.2. The van der Waals surface area contributed by atoms with E-state index in [0.29, 0.717) is 0 Å². The molecule has 0 radical (unpaired) electrons. The number of rotatable bonds is 3. The molecule has 18 heavy (non-hydrogen) atoms. The van der Waals surface area contributed by atoms with Crippen molar-refractivity contribution in [3.05, 3.63) is 21.3 Å². The minimum Gasteiger partial charge on any atom is -0.379 e. The number of carbonyl (C=O) groups excluding carboxylic acids is 1. The zero-order valence-corrected chi connectivity index (χ0v) is 11.0. The molecule has 0 aliphatic carbocycles. The highest BCUT2D eigenvalue weighted by Gasteiger charge is 2.20. The number of carbonyl (C=O) groups is 1. The molecule has 2 heterocycles. The highest BCUT2D eigenvalue weighted by Crippen LogP contribution is 2.24. The third-order valence-electron chi connectivity index (χ3n) is 2.41. The Morgan fingerprint density at radius 2 is 2.17 bits per heavy atom. The van der Waals surface area contributed by atoms with E-state index in [9.17, 15) is 4.79 Å². The van der Waals surface area contributed by atoms with Crippen LogP contribution in [0, 0.1) is 13.8 Å². The SMILES string of the molecule is Cc1nc(C)c(C(C)NC(=O)c2nonc2N)s1. The zero-order chi connectivity index (χ0) is 13.3. The van der Waals surface area contributed by atoms with E-state index in [0.717, 1.165) is 15.6 Å². The number of hydrogen-bond acceptors (Lipinski definition) is 7. The molecule has 0 saturated carbocycles. The largest absolute Gasteiger partial charge is 0.379 e. The van der Waals surface area contributed by atoms with Crippen molar-refractivity contribution in [2.75, 3.05) is 5.73 Å². The van der Waals surface area contributed by atoms with Crippen LogP contribution in [-0.2, 0) is 0 Å². The molecule has 0 saturated heterocycles. The highest BCUT2D eigenvalue weighted by molar-refractivity contribution is 7.11. The Morgan fingerprint density at radius 1 is 1.44 bits per heavy atom. The van der Waals surface area contributed by atoms with Gasteiger partial charge in [0.25, 0.3) is 5.91 Å². The molecule has 3 N–H and O–H groups in total. The van der Waals surface area contributed by atoms with Crippen LogP contribution in [-0.4, -0.2) is 21.2 Å². The Balaban J connectivity index is 2.13. The van der Waals surface area contributed by atoms with Gasteiger partial charge < -0.3 is 11.1 Å². The minimum absolute atomic E-state index is 0.000685. The molecular formula is C10H13N5O2S. The molecule has 8 heteroatoms. The predicted molar refractivity (Wildman–Crippen MR) is 66.2 cm³/mol. The summed E-state index contributed by atoms with van der Waals surface area (Å²) in [5.74, 6) is -0.427. The van der Waals surface area contributed by atoms with Crippen molar-refractivity contribution in [1.82, 2.24) is 20.6 Å². The van der Waals surface area contributed by atoms with Crippen molar-refractivity contribution in [3.63, 3.8) is 0 Å². The van der Waals surface area contributed by atoms with Crippen molar-refractivity contribution >= 4 is 23.1 Å². The number of aromatic nitrogens is 3. The molecule has 0 aliphatic rings. The lowest BCUT2D eigenvalue weighted by Crippen LogP contribution is -2.27. The summed E-state index contributed by atoms with van der Waals surface area (Å²) in [5.41, 5.74) is 6.37. The van der Waals surface area contributed by atoms with Crippen molar-refractivity contribution in [2.45, 2.75) is 26.8 Å². The van der Waals surface area contributed by atoms with Crippen LogP contribution in [0.4, 0.5) is 5.82 Å². The van der Waals surface area contributed by atoms with Gasteiger partial charge in [0.05, 0.1) is 16.7 Å². The van der Waals surface area contributed by atoms with E-state index >= 15 is 0 Å². The first kappa shape index (κ1) is 12.5. The summed E-state index contributed by atoms with van der Waals surface area (Å²) < 4.78 is 4.39. The summed E-state index contributed by atoms with van der Waals surface area (Å²) in [6.07, 6.45) is 0. The van der Waals surface area contributed by atoms with E-state index in [1.165, 1.54) is 0 Å². The number of thiazole rings is 1. The average molecular weight is 267 g/mol. The lowest BCUT2D eigenvalue weighted by Gasteiger charge is -2.11. The first-order valence-corrected chi connectivity index (χ1v) is 6.13. The summed E-state index contributed by atoms with van der Waals surface area (Å²) in [4.78, 5) is 17.2. The maximum Gasteiger partial charge on any atom is 0.277 e. The summed E-state index contributed by atoms with van der Waals surface area (Å²) in [7, 11) is 0. The normalized spacial score (nSPS) is 12.4. The predicted octanol–water partition coefficient (Wildman–Crippen LogP) is 1.22. The average Bonchev–Trinajstić information content (AvgIpc) is 2.84. The number of hydrogen-bond donors (Lipinski definition) is 2. The summed E-state index contributed by atoms with van der Waals surface area (Å²) in [5, 5.41) is 10.6. The van der Waals surface area contributed by atoms with E-state index in [4.69, 9.17) is 5.73 Å². The zero-order valence-electron chi connectivity index (χ0n) is 10.2. The number of nitrogens with one attached hydrogen (secondary N) is 1. The van der Waals surface area contributed by atoms with Crippen molar-refractivity contribution in [3.8, 4) is 0 Å². The molecule has 1 atom stereocenters. The smallest absolute Gasteiger partial charge is 0.277 e. The Morgan fingerprint density at radius 3 is 2.67 bits per heavy atom. The molecule has 0 fully saturated rings. The third-order valence-corrected chi connectivity index (χ3v) is 3.66. The van der Waals surface area contributed by atoms with Crippen molar-refractivity contribution in [2.24, 2.45) is 0 Å². The van der Waals surface area contributed by atoms with E-state index in [1.54, 1.807) is 11.3 Å². The molecule has 2 rings (SSSR count). The fourth-order valence-electron chi connectivity index (χ4n) is 1.63. The van der Waals surface area contributed by atoms with Crippen molar-refractivity contribution < 1.29 is 9.42 Å². The molecule has 2 aromatic rings. The van der Waals surface area contributed by atoms with Gasteiger partial charge in [0.15, 0.2) is 0 Å². The molecule has 2 aromatic heterocycles. The van der Waals surface area contributed by atoms with Gasteiger partial charge in [-0.15, -0.1) is 11.3 Å². The van der Waals surface area contributed by atoms with Gasteiger partial charge >= 0.3 is 0 Å². The van der Waals surface area contributed by atoms with Gasteiger partial charge in [0, 0.05) is 4.88 Å². The number of anilines is 1. The van der Waals surface area contributed by atoms with Gasteiger partial charge in [-0.2, -0.15) is 0 Å². The summed E-state index contributed by atoms with van der Waals surface area (Å²) >= 11 is 1.55. The lowest BCUT2D eigenvalue weighted by molar-refractivity contribution is 0.0931. The van der Waals surface area contributed by atoms with E-state index < -0.39 is 5.91 Å². The van der Waals surface area contributed by atoms with Gasteiger partial charge in [-0.05, 0) is 31.1 Å². The molecular weight excluding hydrogens is 254 g/mol. The first-order valence-electron chi connectivity index (χ1n) is 5.32. The maximum atomic E-state index is 11.9. The molecule has 96 valence electrons. The molecule has 1 unspecified atom stereocenters. The Labute approximate surface area is 107 Å². The van der Waals surface area contributed by atoms with E-state index in [-0.39, 0.29) is 17.6 Å². The van der Waals surface area contributed by atoms with Crippen LogP contribution >= 0.6 is 11.3 Å². The van der Waals surface area contributed by atoms with Gasteiger partial charge in [-0.1, -0.05) is 0 Å². The second kappa shape index (κ2) is 4.73. The van der Waals surface area contributed by atoms with Crippen LogP contribution < -0.4 is 11.1 Å². The quantitative estimate of drug-likeness (QED) is 0.865. The fraction of sp³-hybridized carbons (Fsp3) is 0.400. The van der Waals surface area contributed by atoms with E-state index in [2.05, 4.69) is 25.2 Å². The van der Waals surface area contributed by atoms with Crippen molar-refractivity contribution in [1.29, 1.82) is 0 Å². The van der Waals surface area contributed by atoms with Crippen LogP contribution in [0.5, 0.6) is 0 Å². The van der Waals surface area contributed by atoms with E-state index in [1.807, 2.05) is 20.8 Å². The Kier molecular flexibility index (Phi) is 3.28. The molecule has 0 aliphatic heterocycles. The van der Waals surface area contributed by atoms with Crippen LogP contribution in [0.3, 0.4) is 0 Å². The summed E-state index contributed by atoms with van der Waals surface area (Å²) in [6, 6.07) is -0.167. The Bertz CT molecular complexity index is 577. The van der Waals surface area contributed by atoms with Crippen LogP contribution in [0.1, 0.15) is 39.0 Å². The molecule has 0 aromatic carbocycles. The molecule has 1 amide bonds. The van der Waals surface area contributed by atoms with Gasteiger partial charge in [0.1, 0.15) is 0 Å². The standard InChI is InChI=1S/C10H13N5O2S/c1-4-8(18-6(3)12-4)5(2)13-10(16)7-9(11)15-17-14-7/h5H,1-3H3,(H2,11,15)(H,13,16). The maximum absolute atomic E-state index is 11.9. The Hall–Kier alpha value is -1.96. The number of nitrogen functional groups attached to an aromatic ring is 1. The number of nitrogens with zero attached hydrogens (tertiary/aromatic N) is 3. The second-order valence-electron chi connectivity index (χ2n) is 3.88. The van der Waals surface area contributed by atoms with Crippen LogP contribution in [0.25, 0.3) is 0 Å². The van der Waals surface area contributed by atoms with Gasteiger partial charge in [0.2, 0.25) is 11.5 Å². The first-order chi connectivity index (χ1) is 8.49. The van der Waals surface area contributed by atoms with Gasteiger partial charge in [-0.25, -0.2) is 9.61 Å². The van der Waals surface area contributed by atoms with Crippen LogP contribution in [0.15, 0.2) is 4.63 Å². The number of nitrogens with two attached hydrogens (primary N) is 1.